The molecular formula is C14H20O3. The van der Waals surface area contributed by atoms with Crippen LogP contribution in [0.25, 0.3) is 0 Å². The van der Waals surface area contributed by atoms with E-state index >= 15 is 0 Å². The van der Waals surface area contributed by atoms with Crippen molar-refractivity contribution in [3.8, 4) is 0 Å². The van der Waals surface area contributed by atoms with Crippen LogP contribution in [0.4, 0.5) is 0 Å². The molecule has 0 amide bonds. The highest BCUT2D eigenvalue weighted by Gasteiger charge is 2.60. The Balaban J connectivity index is 1.98. The summed E-state index contributed by atoms with van der Waals surface area (Å²) in [6.45, 7) is 0. The van der Waals surface area contributed by atoms with Gasteiger partial charge in [0.15, 0.2) is 0 Å². The first-order chi connectivity index (χ1) is 8.19. The van der Waals surface area contributed by atoms with Crippen molar-refractivity contribution in [2.24, 2.45) is 23.2 Å². The molecule has 17 heavy (non-hydrogen) atoms. The van der Waals surface area contributed by atoms with Crippen LogP contribution in [0.5, 0.6) is 0 Å². The molecule has 4 aliphatic carbocycles. The van der Waals surface area contributed by atoms with E-state index in [0.29, 0.717) is 12.2 Å². The fraction of sp³-hybridized carbons (Fsp3) is 0.857. The van der Waals surface area contributed by atoms with Gasteiger partial charge in [-0.2, -0.15) is 0 Å². The number of carbonyl (C=O) groups excluding carboxylic acids is 2. The molecule has 1 spiro atoms. The third kappa shape index (κ3) is 1.40. The maximum atomic E-state index is 12.3. The molecule has 4 fully saturated rings. The second-order valence-corrected chi connectivity index (χ2v) is 5.98. The lowest BCUT2D eigenvalue weighted by molar-refractivity contribution is -0.172. The van der Waals surface area contributed by atoms with E-state index in [2.05, 4.69) is 0 Å². The minimum absolute atomic E-state index is 0.00625. The van der Waals surface area contributed by atoms with Gasteiger partial charge >= 0.3 is 5.97 Å². The summed E-state index contributed by atoms with van der Waals surface area (Å²) in [6, 6.07) is 0. The zero-order chi connectivity index (χ0) is 12.0. The van der Waals surface area contributed by atoms with Crippen LogP contribution in [-0.2, 0) is 14.3 Å². The van der Waals surface area contributed by atoms with E-state index in [9.17, 15) is 9.59 Å². The van der Waals surface area contributed by atoms with E-state index in [4.69, 9.17) is 4.74 Å². The lowest BCUT2D eigenvalue weighted by Gasteiger charge is -2.56. The number of hydrogen-bond acceptors (Lipinski definition) is 3. The van der Waals surface area contributed by atoms with Crippen LogP contribution in [-0.4, -0.2) is 18.9 Å². The fourth-order valence-corrected chi connectivity index (χ4v) is 4.70. The van der Waals surface area contributed by atoms with E-state index in [0.717, 1.165) is 32.1 Å². The van der Waals surface area contributed by atoms with Gasteiger partial charge in [0.05, 0.1) is 13.0 Å². The first kappa shape index (κ1) is 11.2. The molecule has 4 saturated carbocycles. The number of fused-ring (bicyclic) bond motifs is 2. The zero-order valence-corrected chi connectivity index (χ0v) is 10.4. The minimum atomic E-state index is -0.147. The minimum Gasteiger partial charge on any atom is -0.469 e. The summed E-state index contributed by atoms with van der Waals surface area (Å²) in [7, 11) is 1.47. The summed E-state index contributed by atoms with van der Waals surface area (Å²) in [5.74, 6) is 0.924. The van der Waals surface area contributed by atoms with Crippen molar-refractivity contribution in [3.05, 3.63) is 0 Å². The highest BCUT2D eigenvalue weighted by Crippen LogP contribution is 2.60. The van der Waals surface area contributed by atoms with Gasteiger partial charge in [-0.25, -0.2) is 0 Å². The molecule has 0 aromatic carbocycles. The number of Topliss-reactive ketones (excluding diaryl/α,β-unsaturated/α-hetero) is 1. The van der Waals surface area contributed by atoms with Gasteiger partial charge in [-0.05, 0) is 37.5 Å². The first-order valence-electron chi connectivity index (χ1n) is 6.80. The molecule has 0 unspecified atom stereocenters. The quantitative estimate of drug-likeness (QED) is 0.656. The van der Waals surface area contributed by atoms with E-state index in [1.165, 1.54) is 13.5 Å². The third-order valence-corrected chi connectivity index (χ3v) is 5.48. The number of carbonyl (C=O) groups is 2. The summed E-state index contributed by atoms with van der Waals surface area (Å²) < 4.78 is 4.97. The average molecular weight is 236 g/mol. The van der Waals surface area contributed by atoms with Gasteiger partial charge in [0.1, 0.15) is 5.78 Å². The molecule has 4 atom stereocenters. The Morgan fingerprint density at radius 3 is 2.82 bits per heavy atom. The van der Waals surface area contributed by atoms with Gasteiger partial charge in [0.25, 0.3) is 0 Å². The summed E-state index contributed by atoms with van der Waals surface area (Å²) in [5.41, 5.74) is -0.147. The number of ketones is 1. The van der Waals surface area contributed by atoms with Crippen molar-refractivity contribution in [2.45, 2.75) is 44.9 Å². The van der Waals surface area contributed by atoms with Gasteiger partial charge in [-0.3, -0.25) is 9.59 Å². The van der Waals surface area contributed by atoms with Crippen LogP contribution in [0, 0.1) is 23.2 Å². The van der Waals surface area contributed by atoms with E-state index in [-0.39, 0.29) is 29.1 Å². The standard InChI is InChI=1S/C14H20O3/c1-17-13(16)12-9-5-7-14(11(15)8-9)6-3-2-4-10(12)14/h9-10,12H,2-8H2,1H3/t9-,10-,12+,14-/m1/s1. The number of esters is 1. The predicted molar refractivity (Wildman–Crippen MR) is 62.2 cm³/mol. The molecule has 2 bridgehead atoms. The molecule has 0 aliphatic heterocycles. The molecule has 0 aromatic rings. The van der Waals surface area contributed by atoms with Crippen LogP contribution < -0.4 is 0 Å². The Hall–Kier alpha value is -0.860. The van der Waals surface area contributed by atoms with Crippen molar-refractivity contribution in [1.82, 2.24) is 0 Å². The second kappa shape index (κ2) is 3.82. The average Bonchev–Trinajstić information content (AvgIpc) is 2.37. The predicted octanol–water partition coefficient (Wildman–Crippen LogP) is 2.33. The topological polar surface area (TPSA) is 43.4 Å². The number of ether oxygens (including phenoxy) is 1. The molecule has 0 N–H and O–H groups in total. The van der Waals surface area contributed by atoms with Gasteiger partial charge in [-0.1, -0.05) is 12.8 Å². The van der Waals surface area contributed by atoms with Gasteiger partial charge in [0, 0.05) is 11.8 Å². The highest BCUT2D eigenvalue weighted by atomic mass is 16.5. The van der Waals surface area contributed by atoms with Crippen molar-refractivity contribution < 1.29 is 14.3 Å². The molecule has 4 rings (SSSR count). The van der Waals surface area contributed by atoms with Crippen molar-refractivity contribution in [3.63, 3.8) is 0 Å². The molecule has 0 saturated heterocycles. The summed E-state index contributed by atoms with van der Waals surface area (Å²) in [5, 5.41) is 0. The van der Waals surface area contributed by atoms with E-state index < -0.39 is 0 Å². The molecule has 3 heteroatoms. The molecular weight excluding hydrogens is 216 g/mol. The van der Waals surface area contributed by atoms with Gasteiger partial charge in [-0.15, -0.1) is 0 Å². The van der Waals surface area contributed by atoms with Crippen molar-refractivity contribution >= 4 is 11.8 Å². The van der Waals surface area contributed by atoms with Crippen LogP contribution >= 0.6 is 0 Å². The van der Waals surface area contributed by atoms with Gasteiger partial charge in [0.2, 0.25) is 0 Å². The van der Waals surface area contributed by atoms with Crippen molar-refractivity contribution in [1.29, 1.82) is 0 Å². The first-order valence-corrected chi connectivity index (χ1v) is 6.80. The highest BCUT2D eigenvalue weighted by molar-refractivity contribution is 5.90. The summed E-state index contributed by atoms with van der Waals surface area (Å²) >= 11 is 0. The van der Waals surface area contributed by atoms with Crippen molar-refractivity contribution in [2.75, 3.05) is 7.11 Å². The Morgan fingerprint density at radius 2 is 2.12 bits per heavy atom. The monoisotopic (exact) mass is 236 g/mol. The SMILES string of the molecule is COC(=O)[C@H]1[C@@H]2CC[C@@]3(CCCC[C@H]13)C(=O)C2. The molecule has 0 radical (unpaired) electrons. The fourth-order valence-electron chi connectivity index (χ4n) is 4.70. The normalized spacial score (nSPS) is 44.3. The molecule has 0 heterocycles. The lowest BCUT2D eigenvalue weighted by Crippen LogP contribution is -2.57. The number of rotatable bonds is 1. The largest absolute Gasteiger partial charge is 0.469 e. The Bertz CT molecular complexity index is 358. The van der Waals surface area contributed by atoms with Gasteiger partial charge < -0.3 is 4.74 Å². The summed E-state index contributed by atoms with van der Waals surface area (Å²) in [4.78, 5) is 24.3. The Kier molecular flexibility index (Phi) is 2.53. The Morgan fingerprint density at radius 1 is 1.29 bits per heavy atom. The molecule has 3 nitrogen and oxygen atoms in total. The third-order valence-electron chi connectivity index (χ3n) is 5.48. The van der Waals surface area contributed by atoms with Crippen LogP contribution in [0.1, 0.15) is 44.9 Å². The smallest absolute Gasteiger partial charge is 0.309 e. The number of hydrogen-bond donors (Lipinski definition) is 0. The summed E-state index contributed by atoms with van der Waals surface area (Å²) in [6.07, 6.45) is 7.06. The maximum Gasteiger partial charge on any atom is 0.309 e. The van der Waals surface area contributed by atoms with Crippen LogP contribution in [0.15, 0.2) is 0 Å². The molecule has 94 valence electrons. The molecule has 0 aromatic heterocycles. The second-order valence-electron chi connectivity index (χ2n) is 5.98. The van der Waals surface area contributed by atoms with Crippen LogP contribution in [0.2, 0.25) is 0 Å². The Labute approximate surface area is 102 Å². The van der Waals surface area contributed by atoms with Crippen LogP contribution in [0.3, 0.4) is 0 Å². The lowest BCUT2D eigenvalue weighted by atomic mass is 9.46. The number of methoxy groups -OCH3 is 1. The zero-order valence-electron chi connectivity index (χ0n) is 10.4. The van der Waals surface area contributed by atoms with E-state index in [1.807, 2.05) is 0 Å². The van der Waals surface area contributed by atoms with E-state index in [1.54, 1.807) is 0 Å². The molecule has 4 aliphatic rings. The maximum absolute atomic E-state index is 12.3.